The standard InChI is InChI=1S/C21H28N2O/c1-14(19-12-15-7-8-16(19)11-15)22-21(24)10-9-17-13-23(2)20-6-4-3-5-18(17)20/h3-6,13-16,19H,7-12H2,1-2H3,(H,22,24)/t14-,15-,16-,19+/m0/s1. The molecule has 0 unspecified atom stereocenters. The number of amides is 1. The molecule has 3 nitrogen and oxygen atoms in total. The van der Waals surface area contributed by atoms with Crippen LogP contribution in [0.25, 0.3) is 10.9 Å². The molecule has 3 heteroatoms. The minimum atomic E-state index is 0.207. The first-order valence-corrected chi connectivity index (χ1v) is 9.44. The van der Waals surface area contributed by atoms with E-state index in [1.807, 2.05) is 0 Å². The molecule has 1 aromatic carbocycles. The van der Waals surface area contributed by atoms with Crippen LogP contribution in [0.15, 0.2) is 30.5 Å². The van der Waals surface area contributed by atoms with Gasteiger partial charge in [0.1, 0.15) is 0 Å². The number of carbonyl (C=O) groups is 1. The number of hydrogen-bond acceptors (Lipinski definition) is 1. The Morgan fingerprint density at radius 1 is 1.29 bits per heavy atom. The highest BCUT2D eigenvalue weighted by Gasteiger charge is 2.42. The summed E-state index contributed by atoms with van der Waals surface area (Å²) in [6.07, 6.45) is 9.10. The van der Waals surface area contributed by atoms with Crippen LogP contribution in [-0.4, -0.2) is 16.5 Å². The average molecular weight is 324 g/mol. The highest BCUT2D eigenvalue weighted by atomic mass is 16.1. The summed E-state index contributed by atoms with van der Waals surface area (Å²) in [7, 11) is 2.07. The lowest BCUT2D eigenvalue weighted by molar-refractivity contribution is -0.122. The van der Waals surface area contributed by atoms with E-state index < -0.39 is 0 Å². The van der Waals surface area contributed by atoms with Crippen molar-refractivity contribution < 1.29 is 4.79 Å². The Hall–Kier alpha value is -1.77. The quantitative estimate of drug-likeness (QED) is 0.884. The Bertz CT molecular complexity index is 747. The fraction of sp³-hybridized carbons (Fsp3) is 0.571. The van der Waals surface area contributed by atoms with Gasteiger partial charge in [-0.05, 0) is 62.0 Å². The number of carbonyl (C=O) groups excluding carboxylic acids is 1. The molecule has 0 radical (unpaired) electrons. The summed E-state index contributed by atoms with van der Waals surface area (Å²) in [5.41, 5.74) is 2.51. The van der Waals surface area contributed by atoms with Crippen LogP contribution in [0, 0.1) is 17.8 Å². The lowest BCUT2D eigenvalue weighted by Gasteiger charge is -2.28. The van der Waals surface area contributed by atoms with Crippen LogP contribution in [0.4, 0.5) is 0 Å². The fourth-order valence-corrected chi connectivity index (χ4v) is 5.21. The maximum Gasteiger partial charge on any atom is 0.220 e. The van der Waals surface area contributed by atoms with E-state index in [-0.39, 0.29) is 5.91 Å². The molecular formula is C21H28N2O. The Morgan fingerprint density at radius 2 is 2.12 bits per heavy atom. The van der Waals surface area contributed by atoms with Crippen LogP contribution >= 0.6 is 0 Å². The highest BCUT2D eigenvalue weighted by molar-refractivity contribution is 5.85. The SMILES string of the molecule is C[C@H](NC(=O)CCc1cn(C)c2ccccc12)[C@H]1C[C@H]2CC[C@H]1C2. The maximum absolute atomic E-state index is 12.4. The van der Waals surface area contributed by atoms with E-state index in [1.165, 1.54) is 42.1 Å². The van der Waals surface area contributed by atoms with Crippen LogP contribution in [0.5, 0.6) is 0 Å². The molecule has 4 atom stereocenters. The third kappa shape index (κ3) is 2.85. The molecule has 2 saturated carbocycles. The van der Waals surface area contributed by atoms with Crippen molar-refractivity contribution >= 4 is 16.8 Å². The molecule has 0 aliphatic heterocycles. The summed E-state index contributed by atoms with van der Waals surface area (Å²) >= 11 is 0. The van der Waals surface area contributed by atoms with Gasteiger partial charge in [0.2, 0.25) is 5.91 Å². The Labute approximate surface area is 144 Å². The largest absolute Gasteiger partial charge is 0.353 e. The number of aryl methyl sites for hydroxylation is 2. The van der Waals surface area contributed by atoms with Crippen LogP contribution in [0.1, 0.15) is 44.6 Å². The number of nitrogens with one attached hydrogen (secondary N) is 1. The zero-order chi connectivity index (χ0) is 16.7. The third-order valence-corrected chi connectivity index (χ3v) is 6.42. The first-order chi connectivity index (χ1) is 11.6. The number of rotatable bonds is 5. The van der Waals surface area contributed by atoms with Gasteiger partial charge in [0, 0.05) is 36.6 Å². The molecule has 4 rings (SSSR count). The second-order valence-corrected chi connectivity index (χ2v) is 7.98. The van der Waals surface area contributed by atoms with Crippen LogP contribution in [0.2, 0.25) is 0 Å². The van der Waals surface area contributed by atoms with E-state index in [9.17, 15) is 4.79 Å². The Kier molecular flexibility index (Phi) is 4.11. The maximum atomic E-state index is 12.4. The van der Waals surface area contributed by atoms with Crippen molar-refractivity contribution in [1.29, 1.82) is 0 Å². The van der Waals surface area contributed by atoms with Gasteiger partial charge in [-0.25, -0.2) is 0 Å². The second-order valence-electron chi connectivity index (χ2n) is 7.98. The van der Waals surface area contributed by atoms with Gasteiger partial charge in [0.05, 0.1) is 0 Å². The van der Waals surface area contributed by atoms with Crippen molar-refractivity contribution in [2.75, 3.05) is 0 Å². The number of fused-ring (bicyclic) bond motifs is 3. The topological polar surface area (TPSA) is 34.0 Å². The van der Waals surface area contributed by atoms with Gasteiger partial charge in [0.15, 0.2) is 0 Å². The van der Waals surface area contributed by atoms with Crippen molar-refractivity contribution in [3.8, 4) is 0 Å². The summed E-state index contributed by atoms with van der Waals surface area (Å²) in [4.78, 5) is 12.4. The summed E-state index contributed by atoms with van der Waals surface area (Å²) in [5, 5.41) is 4.56. The van der Waals surface area contributed by atoms with Crippen molar-refractivity contribution in [3.63, 3.8) is 0 Å². The predicted molar refractivity (Wildman–Crippen MR) is 97.8 cm³/mol. The first kappa shape index (κ1) is 15.7. The molecule has 24 heavy (non-hydrogen) atoms. The smallest absolute Gasteiger partial charge is 0.220 e. The van der Waals surface area contributed by atoms with Gasteiger partial charge in [-0.2, -0.15) is 0 Å². The molecule has 2 aromatic rings. The molecule has 2 aliphatic rings. The van der Waals surface area contributed by atoms with Gasteiger partial charge in [-0.1, -0.05) is 24.6 Å². The summed E-state index contributed by atoms with van der Waals surface area (Å²) < 4.78 is 2.15. The zero-order valence-electron chi connectivity index (χ0n) is 14.8. The van der Waals surface area contributed by atoms with Gasteiger partial charge in [-0.3, -0.25) is 4.79 Å². The van der Waals surface area contributed by atoms with E-state index in [1.54, 1.807) is 0 Å². The molecule has 1 amide bonds. The predicted octanol–water partition coefficient (Wildman–Crippen LogP) is 4.05. The third-order valence-electron chi connectivity index (χ3n) is 6.42. The van der Waals surface area contributed by atoms with E-state index in [0.29, 0.717) is 18.4 Å². The van der Waals surface area contributed by atoms with E-state index in [2.05, 4.69) is 54.3 Å². The van der Waals surface area contributed by atoms with E-state index in [4.69, 9.17) is 0 Å². The Morgan fingerprint density at radius 3 is 2.88 bits per heavy atom. The average Bonchev–Trinajstić information content (AvgIpc) is 3.28. The minimum absolute atomic E-state index is 0.207. The highest BCUT2D eigenvalue weighted by Crippen LogP contribution is 2.49. The number of benzene rings is 1. The van der Waals surface area contributed by atoms with Crippen molar-refractivity contribution in [3.05, 3.63) is 36.0 Å². The molecule has 1 heterocycles. The van der Waals surface area contributed by atoms with Gasteiger partial charge in [0.25, 0.3) is 0 Å². The van der Waals surface area contributed by atoms with Crippen molar-refractivity contribution in [2.24, 2.45) is 24.8 Å². The number of hydrogen-bond donors (Lipinski definition) is 1. The molecule has 0 spiro atoms. The second kappa shape index (κ2) is 6.27. The van der Waals surface area contributed by atoms with E-state index in [0.717, 1.165) is 18.3 Å². The molecule has 1 aromatic heterocycles. The summed E-state index contributed by atoms with van der Waals surface area (Å²) in [6, 6.07) is 8.76. The molecule has 2 aliphatic carbocycles. The van der Waals surface area contributed by atoms with Gasteiger partial charge < -0.3 is 9.88 Å². The minimum Gasteiger partial charge on any atom is -0.353 e. The number of para-hydroxylation sites is 1. The van der Waals surface area contributed by atoms with Gasteiger partial charge in [-0.15, -0.1) is 0 Å². The number of nitrogens with zero attached hydrogens (tertiary/aromatic N) is 1. The Balaban J connectivity index is 1.34. The summed E-state index contributed by atoms with van der Waals surface area (Å²) in [6.45, 7) is 2.21. The molecule has 128 valence electrons. The normalized spacial score (nSPS) is 26.8. The van der Waals surface area contributed by atoms with Crippen LogP contribution in [-0.2, 0) is 18.3 Å². The first-order valence-electron chi connectivity index (χ1n) is 9.44. The van der Waals surface area contributed by atoms with E-state index >= 15 is 0 Å². The molecule has 2 bridgehead atoms. The fourth-order valence-electron chi connectivity index (χ4n) is 5.21. The zero-order valence-corrected chi connectivity index (χ0v) is 14.8. The molecule has 0 saturated heterocycles. The molecular weight excluding hydrogens is 296 g/mol. The molecule has 1 N–H and O–H groups in total. The van der Waals surface area contributed by atoms with Crippen LogP contribution < -0.4 is 5.32 Å². The lowest BCUT2D eigenvalue weighted by atomic mass is 9.84. The van der Waals surface area contributed by atoms with Crippen molar-refractivity contribution in [2.45, 2.75) is 51.5 Å². The summed E-state index contributed by atoms with van der Waals surface area (Å²) in [5.74, 6) is 2.72. The van der Waals surface area contributed by atoms with Crippen molar-refractivity contribution in [1.82, 2.24) is 9.88 Å². The lowest BCUT2D eigenvalue weighted by Crippen LogP contribution is -2.40. The molecule has 2 fully saturated rings. The monoisotopic (exact) mass is 324 g/mol. The van der Waals surface area contributed by atoms with Crippen LogP contribution in [0.3, 0.4) is 0 Å². The van der Waals surface area contributed by atoms with Gasteiger partial charge >= 0.3 is 0 Å². The number of aromatic nitrogens is 1.